The van der Waals surface area contributed by atoms with E-state index in [1.54, 1.807) is 0 Å². The molecular formula is C15H16F5NO2. The van der Waals surface area contributed by atoms with Crippen LogP contribution in [0.2, 0.25) is 0 Å². The predicted molar refractivity (Wildman–Crippen MR) is 73.7 cm³/mol. The Balaban J connectivity index is 2.40. The van der Waals surface area contributed by atoms with Gasteiger partial charge < -0.3 is 9.64 Å². The van der Waals surface area contributed by atoms with Gasteiger partial charge in [0.2, 0.25) is 0 Å². The summed E-state index contributed by atoms with van der Waals surface area (Å²) in [7, 11) is 1.05. The highest BCUT2D eigenvalue weighted by Crippen LogP contribution is 2.38. The average Bonchev–Trinajstić information content (AvgIpc) is 2.48. The van der Waals surface area contributed by atoms with Crippen molar-refractivity contribution in [1.82, 2.24) is 0 Å². The number of hydrogen-bond acceptors (Lipinski definition) is 3. The Morgan fingerprint density at radius 3 is 2.52 bits per heavy atom. The standard InChI is InChI=1S/C15H16F5NO2/c1-9-8-21(6-5-14(9,16)17)12-4-3-10(15(18,19)20)7-11(12)13(22)23-2/h3-4,7,9H,5-6,8H2,1-2H3. The van der Waals surface area contributed by atoms with Crippen molar-refractivity contribution in [2.24, 2.45) is 5.92 Å². The molecule has 1 saturated heterocycles. The first-order chi connectivity index (χ1) is 10.6. The summed E-state index contributed by atoms with van der Waals surface area (Å²) in [6, 6.07) is 2.66. The molecule has 0 saturated carbocycles. The fourth-order valence-electron chi connectivity index (χ4n) is 2.57. The summed E-state index contributed by atoms with van der Waals surface area (Å²) in [4.78, 5) is 13.3. The minimum atomic E-state index is -4.61. The van der Waals surface area contributed by atoms with Crippen LogP contribution in [0.5, 0.6) is 0 Å². The van der Waals surface area contributed by atoms with Crippen LogP contribution in [-0.4, -0.2) is 32.1 Å². The van der Waals surface area contributed by atoms with Crippen molar-refractivity contribution in [1.29, 1.82) is 0 Å². The van der Waals surface area contributed by atoms with Crippen LogP contribution < -0.4 is 4.90 Å². The van der Waals surface area contributed by atoms with Gasteiger partial charge in [-0.15, -0.1) is 0 Å². The van der Waals surface area contributed by atoms with Crippen molar-refractivity contribution in [2.45, 2.75) is 25.4 Å². The monoisotopic (exact) mass is 337 g/mol. The maximum atomic E-state index is 13.6. The largest absolute Gasteiger partial charge is 0.465 e. The molecule has 1 aliphatic rings. The summed E-state index contributed by atoms with van der Waals surface area (Å²) in [5.74, 6) is -4.73. The zero-order chi connectivity index (χ0) is 17.4. The Labute approximate surface area is 130 Å². The summed E-state index contributed by atoms with van der Waals surface area (Å²) in [5, 5.41) is 0. The maximum Gasteiger partial charge on any atom is 0.416 e. The van der Waals surface area contributed by atoms with E-state index in [-0.39, 0.29) is 24.3 Å². The van der Waals surface area contributed by atoms with Crippen molar-refractivity contribution in [3.8, 4) is 0 Å². The molecule has 0 radical (unpaired) electrons. The smallest absolute Gasteiger partial charge is 0.416 e. The van der Waals surface area contributed by atoms with E-state index >= 15 is 0 Å². The van der Waals surface area contributed by atoms with E-state index in [1.165, 1.54) is 11.8 Å². The van der Waals surface area contributed by atoms with Gasteiger partial charge in [-0.3, -0.25) is 0 Å². The van der Waals surface area contributed by atoms with Gasteiger partial charge in [0, 0.05) is 25.4 Å². The van der Waals surface area contributed by atoms with Gasteiger partial charge in [0.15, 0.2) is 0 Å². The molecule has 3 nitrogen and oxygen atoms in total. The Kier molecular flexibility index (Phi) is 4.54. The molecule has 1 unspecified atom stereocenters. The molecule has 0 aromatic heterocycles. The van der Waals surface area contributed by atoms with Crippen molar-refractivity contribution in [3.05, 3.63) is 29.3 Å². The SMILES string of the molecule is COC(=O)c1cc(C(F)(F)F)ccc1N1CCC(F)(F)C(C)C1. The molecule has 0 bridgehead atoms. The molecule has 1 atom stereocenters. The number of rotatable bonds is 2. The lowest BCUT2D eigenvalue weighted by molar-refractivity contribution is -0.137. The third-order valence-electron chi connectivity index (χ3n) is 4.00. The molecule has 0 aliphatic carbocycles. The highest BCUT2D eigenvalue weighted by molar-refractivity contribution is 5.96. The number of esters is 1. The van der Waals surface area contributed by atoms with E-state index in [1.807, 2.05) is 0 Å². The summed E-state index contributed by atoms with van der Waals surface area (Å²) >= 11 is 0. The number of carbonyl (C=O) groups is 1. The maximum absolute atomic E-state index is 13.6. The highest BCUT2D eigenvalue weighted by Gasteiger charge is 2.42. The Hall–Kier alpha value is -1.86. The zero-order valence-electron chi connectivity index (χ0n) is 12.6. The molecule has 1 fully saturated rings. The van der Waals surface area contributed by atoms with Gasteiger partial charge in [0.05, 0.1) is 23.9 Å². The molecule has 23 heavy (non-hydrogen) atoms. The fraction of sp³-hybridized carbons (Fsp3) is 0.533. The van der Waals surface area contributed by atoms with Crippen molar-refractivity contribution in [3.63, 3.8) is 0 Å². The lowest BCUT2D eigenvalue weighted by atomic mass is 9.94. The summed E-state index contributed by atoms with van der Waals surface area (Å²) in [6.07, 6.45) is -5.03. The van der Waals surface area contributed by atoms with E-state index in [9.17, 15) is 26.7 Å². The van der Waals surface area contributed by atoms with Crippen molar-refractivity contribution >= 4 is 11.7 Å². The van der Waals surface area contributed by atoms with E-state index in [4.69, 9.17) is 0 Å². The first kappa shape index (κ1) is 17.5. The van der Waals surface area contributed by atoms with Crippen molar-refractivity contribution < 1.29 is 31.5 Å². The third kappa shape index (κ3) is 3.56. The molecule has 1 heterocycles. The number of alkyl halides is 5. The van der Waals surface area contributed by atoms with E-state index in [0.29, 0.717) is 6.07 Å². The van der Waals surface area contributed by atoms with Crippen LogP contribution in [0, 0.1) is 5.92 Å². The number of carbonyl (C=O) groups excluding carboxylic acids is 1. The van der Waals surface area contributed by atoms with Crippen LogP contribution >= 0.6 is 0 Å². The van der Waals surface area contributed by atoms with E-state index < -0.39 is 36.0 Å². The van der Waals surface area contributed by atoms with Crippen LogP contribution in [0.1, 0.15) is 29.3 Å². The number of anilines is 1. The quantitative estimate of drug-likeness (QED) is 0.604. The molecule has 0 spiro atoms. The van der Waals surface area contributed by atoms with E-state index in [2.05, 4.69) is 4.74 Å². The second-order valence-corrected chi connectivity index (χ2v) is 5.58. The van der Waals surface area contributed by atoms with Gasteiger partial charge in [-0.05, 0) is 18.2 Å². The van der Waals surface area contributed by atoms with Gasteiger partial charge in [0.1, 0.15) is 0 Å². The summed E-state index contributed by atoms with van der Waals surface area (Å²) in [6.45, 7) is 1.27. The first-order valence-corrected chi connectivity index (χ1v) is 6.98. The highest BCUT2D eigenvalue weighted by atomic mass is 19.4. The fourth-order valence-corrected chi connectivity index (χ4v) is 2.57. The molecule has 2 rings (SSSR count). The molecule has 0 N–H and O–H groups in total. The normalized spacial score (nSPS) is 21.2. The average molecular weight is 337 g/mol. The topological polar surface area (TPSA) is 29.5 Å². The second-order valence-electron chi connectivity index (χ2n) is 5.58. The molecule has 1 aliphatic heterocycles. The van der Waals surface area contributed by atoms with Gasteiger partial charge in [-0.1, -0.05) is 6.92 Å². The lowest BCUT2D eigenvalue weighted by Crippen LogP contribution is -2.46. The minimum absolute atomic E-state index is 0.0489. The Morgan fingerprint density at radius 2 is 2.00 bits per heavy atom. The van der Waals surface area contributed by atoms with Gasteiger partial charge in [-0.2, -0.15) is 13.2 Å². The predicted octanol–water partition coefficient (Wildman–Crippen LogP) is 3.97. The number of ether oxygens (including phenoxy) is 1. The molecule has 8 heteroatoms. The van der Waals surface area contributed by atoms with Crippen LogP contribution in [0.4, 0.5) is 27.6 Å². The van der Waals surface area contributed by atoms with Gasteiger partial charge >= 0.3 is 12.1 Å². The molecule has 1 aromatic carbocycles. The number of piperidine rings is 1. The van der Waals surface area contributed by atoms with Crippen LogP contribution in [0.25, 0.3) is 0 Å². The van der Waals surface area contributed by atoms with E-state index in [0.717, 1.165) is 19.2 Å². The third-order valence-corrected chi connectivity index (χ3v) is 4.00. The van der Waals surface area contributed by atoms with Gasteiger partial charge in [-0.25, -0.2) is 13.6 Å². The summed E-state index contributed by atoms with van der Waals surface area (Å²) < 4.78 is 70.1. The number of nitrogens with zero attached hydrogens (tertiary/aromatic N) is 1. The molecule has 1 aromatic rings. The zero-order valence-corrected chi connectivity index (χ0v) is 12.6. The second kappa shape index (κ2) is 5.98. The number of methoxy groups -OCH3 is 1. The summed E-state index contributed by atoms with van der Waals surface area (Å²) in [5.41, 5.74) is -1.09. The lowest BCUT2D eigenvalue weighted by Gasteiger charge is -2.38. The van der Waals surface area contributed by atoms with Crippen LogP contribution in [0.15, 0.2) is 18.2 Å². The van der Waals surface area contributed by atoms with Crippen LogP contribution in [-0.2, 0) is 10.9 Å². The number of hydrogen-bond donors (Lipinski definition) is 0. The van der Waals surface area contributed by atoms with Gasteiger partial charge in [0.25, 0.3) is 5.92 Å². The Morgan fingerprint density at radius 1 is 1.35 bits per heavy atom. The van der Waals surface area contributed by atoms with Crippen LogP contribution in [0.3, 0.4) is 0 Å². The minimum Gasteiger partial charge on any atom is -0.465 e. The molecular weight excluding hydrogens is 321 g/mol. The molecule has 128 valence electrons. The van der Waals surface area contributed by atoms with Crippen molar-refractivity contribution in [2.75, 3.05) is 25.1 Å². The molecule has 0 amide bonds. The number of halogens is 5. The Bertz CT molecular complexity index is 600. The number of benzene rings is 1. The first-order valence-electron chi connectivity index (χ1n) is 6.98.